The van der Waals surface area contributed by atoms with E-state index in [1.165, 1.54) is 0 Å². The molecule has 7 heteroatoms. The highest BCUT2D eigenvalue weighted by molar-refractivity contribution is 5.93. The maximum atomic E-state index is 12.9. The fourth-order valence-electron chi connectivity index (χ4n) is 2.98. The van der Waals surface area contributed by atoms with Crippen molar-refractivity contribution >= 4 is 11.7 Å². The number of carbonyl (C=O) groups is 1. The van der Waals surface area contributed by atoms with Crippen LogP contribution in [0.4, 0.5) is 5.82 Å². The van der Waals surface area contributed by atoms with Crippen molar-refractivity contribution in [3.05, 3.63) is 72.2 Å². The summed E-state index contributed by atoms with van der Waals surface area (Å²) in [5.74, 6) is 1.00. The van der Waals surface area contributed by atoms with Gasteiger partial charge in [-0.15, -0.1) is 0 Å². The standard InChI is InChI=1S/C21H21N5O2/c27-21(26-10-12-28-13-11-26)18-14-19(23-15-17-8-4-5-9-22-17)25-20(24-18)16-6-2-1-3-7-16/h1-9,14H,10-13,15H2,(H,23,24,25). The zero-order chi connectivity index (χ0) is 19.2. The van der Waals surface area contributed by atoms with Crippen LogP contribution in [-0.2, 0) is 11.3 Å². The molecular weight excluding hydrogens is 354 g/mol. The van der Waals surface area contributed by atoms with Crippen LogP contribution in [0.5, 0.6) is 0 Å². The van der Waals surface area contributed by atoms with Crippen molar-refractivity contribution in [1.29, 1.82) is 0 Å². The first-order valence-electron chi connectivity index (χ1n) is 9.25. The minimum Gasteiger partial charge on any atom is -0.378 e. The summed E-state index contributed by atoms with van der Waals surface area (Å²) in [6.07, 6.45) is 1.75. The first-order chi connectivity index (χ1) is 13.8. The van der Waals surface area contributed by atoms with Gasteiger partial charge in [0, 0.05) is 30.9 Å². The Balaban J connectivity index is 1.63. The number of rotatable bonds is 5. The molecule has 0 unspecified atom stereocenters. The Kier molecular flexibility index (Phi) is 5.53. The lowest BCUT2D eigenvalue weighted by atomic mass is 10.2. The van der Waals surface area contributed by atoms with E-state index >= 15 is 0 Å². The maximum absolute atomic E-state index is 12.9. The van der Waals surface area contributed by atoms with Gasteiger partial charge < -0.3 is 15.0 Å². The van der Waals surface area contributed by atoms with Crippen molar-refractivity contribution < 1.29 is 9.53 Å². The molecule has 1 aliphatic rings. The first-order valence-corrected chi connectivity index (χ1v) is 9.25. The molecule has 0 radical (unpaired) electrons. The van der Waals surface area contributed by atoms with Gasteiger partial charge in [0.1, 0.15) is 11.5 Å². The molecule has 28 heavy (non-hydrogen) atoms. The molecule has 1 fully saturated rings. The van der Waals surface area contributed by atoms with Gasteiger partial charge in [0.25, 0.3) is 5.91 Å². The Hall–Kier alpha value is -3.32. The van der Waals surface area contributed by atoms with Crippen LogP contribution in [0.1, 0.15) is 16.2 Å². The average Bonchev–Trinajstić information content (AvgIpc) is 2.79. The zero-order valence-electron chi connectivity index (χ0n) is 15.4. The monoisotopic (exact) mass is 375 g/mol. The highest BCUT2D eigenvalue weighted by Crippen LogP contribution is 2.19. The zero-order valence-corrected chi connectivity index (χ0v) is 15.4. The van der Waals surface area contributed by atoms with Gasteiger partial charge in [0.15, 0.2) is 5.82 Å². The Labute approximate surface area is 163 Å². The number of benzene rings is 1. The molecular formula is C21H21N5O2. The van der Waals surface area contributed by atoms with E-state index in [0.29, 0.717) is 50.2 Å². The maximum Gasteiger partial charge on any atom is 0.272 e. The van der Waals surface area contributed by atoms with Gasteiger partial charge in [-0.3, -0.25) is 9.78 Å². The van der Waals surface area contributed by atoms with E-state index < -0.39 is 0 Å². The SMILES string of the molecule is O=C(c1cc(NCc2ccccn2)nc(-c2ccccc2)n1)N1CCOCC1. The van der Waals surface area contributed by atoms with E-state index in [9.17, 15) is 4.79 Å². The smallest absolute Gasteiger partial charge is 0.272 e. The van der Waals surface area contributed by atoms with Crippen molar-refractivity contribution in [1.82, 2.24) is 19.9 Å². The van der Waals surface area contributed by atoms with Crippen LogP contribution in [0.25, 0.3) is 11.4 Å². The van der Waals surface area contributed by atoms with Crippen molar-refractivity contribution in [2.75, 3.05) is 31.6 Å². The number of nitrogens with one attached hydrogen (secondary N) is 1. The Morgan fingerprint density at radius 3 is 2.57 bits per heavy atom. The summed E-state index contributed by atoms with van der Waals surface area (Å²) >= 11 is 0. The molecule has 0 spiro atoms. The van der Waals surface area contributed by atoms with Crippen molar-refractivity contribution in [2.45, 2.75) is 6.54 Å². The fraction of sp³-hybridized carbons (Fsp3) is 0.238. The molecule has 1 aliphatic heterocycles. The molecule has 3 aromatic rings. The Bertz CT molecular complexity index is 928. The lowest BCUT2D eigenvalue weighted by molar-refractivity contribution is 0.0299. The first kappa shape index (κ1) is 18.1. The number of ether oxygens (including phenoxy) is 1. The Morgan fingerprint density at radius 1 is 1.04 bits per heavy atom. The van der Waals surface area contributed by atoms with Gasteiger partial charge in [-0.1, -0.05) is 36.4 Å². The van der Waals surface area contributed by atoms with Crippen molar-refractivity contribution in [3.63, 3.8) is 0 Å². The summed E-state index contributed by atoms with van der Waals surface area (Å²) in [5.41, 5.74) is 2.13. The number of anilines is 1. The second-order valence-corrected chi connectivity index (χ2v) is 6.41. The number of nitrogens with zero attached hydrogens (tertiary/aromatic N) is 4. The average molecular weight is 375 g/mol. The summed E-state index contributed by atoms with van der Waals surface area (Å²) in [6, 6.07) is 17.1. The van der Waals surface area contributed by atoms with Gasteiger partial charge >= 0.3 is 0 Å². The van der Waals surface area contributed by atoms with Crippen LogP contribution in [0.2, 0.25) is 0 Å². The number of hydrogen-bond acceptors (Lipinski definition) is 6. The third-order valence-corrected chi connectivity index (χ3v) is 4.45. The third-order valence-electron chi connectivity index (χ3n) is 4.45. The van der Waals surface area contributed by atoms with E-state index in [4.69, 9.17) is 4.74 Å². The molecule has 3 heterocycles. The van der Waals surface area contributed by atoms with Crippen LogP contribution < -0.4 is 5.32 Å². The summed E-state index contributed by atoms with van der Waals surface area (Å²) in [6.45, 7) is 2.75. The van der Waals surface area contributed by atoms with Gasteiger partial charge in [-0.2, -0.15) is 0 Å². The lowest BCUT2D eigenvalue weighted by Crippen LogP contribution is -2.41. The minimum atomic E-state index is -0.108. The van der Waals surface area contributed by atoms with Crippen LogP contribution in [0, 0.1) is 0 Å². The lowest BCUT2D eigenvalue weighted by Gasteiger charge is -2.26. The number of carbonyl (C=O) groups excluding carboxylic acids is 1. The molecule has 142 valence electrons. The fourth-order valence-corrected chi connectivity index (χ4v) is 2.98. The molecule has 7 nitrogen and oxygen atoms in total. The number of pyridine rings is 1. The van der Waals surface area contributed by atoms with Crippen LogP contribution in [0.3, 0.4) is 0 Å². The predicted molar refractivity (Wildman–Crippen MR) is 106 cm³/mol. The normalized spacial score (nSPS) is 13.9. The molecule has 1 amide bonds. The molecule has 0 saturated carbocycles. The molecule has 1 aromatic carbocycles. The van der Waals surface area contributed by atoms with E-state index in [1.807, 2.05) is 48.5 Å². The van der Waals surface area contributed by atoms with Crippen LogP contribution in [0.15, 0.2) is 60.8 Å². The number of morpholine rings is 1. The number of amides is 1. The number of aromatic nitrogens is 3. The molecule has 1 saturated heterocycles. The molecule has 2 aromatic heterocycles. The van der Waals surface area contributed by atoms with E-state index in [-0.39, 0.29) is 5.91 Å². The molecule has 0 aliphatic carbocycles. The summed E-state index contributed by atoms with van der Waals surface area (Å²) in [4.78, 5) is 28.2. The quantitative estimate of drug-likeness (QED) is 0.738. The van der Waals surface area contributed by atoms with E-state index in [1.54, 1.807) is 17.2 Å². The topological polar surface area (TPSA) is 80.2 Å². The molecule has 1 N–H and O–H groups in total. The third kappa shape index (κ3) is 4.32. The van der Waals surface area contributed by atoms with Gasteiger partial charge in [-0.05, 0) is 12.1 Å². The van der Waals surface area contributed by atoms with Crippen molar-refractivity contribution in [2.24, 2.45) is 0 Å². The largest absolute Gasteiger partial charge is 0.378 e. The molecule has 0 atom stereocenters. The van der Waals surface area contributed by atoms with Crippen molar-refractivity contribution in [3.8, 4) is 11.4 Å². The van der Waals surface area contributed by atoms with Gasteiger partial charge in [-0.25, -0.2) is 9.97 Å². The van der Waals surface area contributed by atoms with Gasteiger partial charge in [0.2, 0.25) is 0 Å². The number of hydrogen-bond donors (Lipinski definition) is 1. The van der Waals surface area contributed by atoms with E-state index in [2.05, 4.69) is 20.3 Å². The second kappa shape index (κ2) is 8.58. The van der Waals surface area contributed by atoms with Crippen LogP contribution in [-0.4, -0.2) is 52.1 Å². The second-order valence-electron chi connectivity index (χ2n) is 6.41. The highest BCUT2D eigenvalue weighted by Gasteiger charge is 2.21. The molecule has 0 bridgehead atoms. The minimum absolute atomic E-state index is 0.108. The summed E-state index contributed by atoms with van der Waals surface area (Å²) in [7, 11) is 0. The van der Waals surface area contributed by atoms with E-state index in [0.717, 1.165) is 11.3 Å². The van der Waals surface area contributed by atoms with Crippen LogP contribution >= 0.6 is 0 Å². The summed E-state index contributed by atoms with van der Waals surface area (Å²) < 4.78 is 5.34. The highest BCUT2D eigenvalue weighted by atomic mass is 16.5. The Morgan fingerprint density at radius 2 is 1.82 bits per heavy atom. The van der Waals surface area contributed by atoms with Gasteiger partial charge in [0.05, 0.1) is 25.5 Å². The summed E-state index contributed by atoms with van der Waals surface area (Å²) in [5, 5.41) is 3.26. The molecule has 4 rings (SSSR count). The predicted octanol–water partition coefficient (Wildman–Crippen LogP) is 2.62.